The van der Waals surface area contributed by atoms with Gasteiger partial charge >= 0.3 is 5.97 Å². The van der Waals surface area contributed by atoms with E-state index in [4.69, 9.17) is 16.7 Å². The average molecular weight is 320 g/mol. The number of sulfonamides is 1. The van der Waals surface area contributed by atoms with E-state index in [1.54, 1.807) is 26.0 Å². The van der Waals surface area contributed by atoms with Gasteiger partial charge < -0.3 is 5.11 Å². The second-order valence-electron chi connectivity index (χ2n) is 4.60. The number of hydrogen-bond acceptors (Lipinski definition) is 3. The molecule has 0 heterocycles. The van der Waals surface area contributed by atoms with Crippen molar-refractivity contribution in [3.05, 3.63) is 28.8 Å². The SMILES string of the molecule is CCN(CC(C)C(=O)O)S(=O)(=O)c1cc(Cl)ccc1C. The van der Waals surface area contributed by atoms with Crippen LogP contribution in [-0.2, 0) is 14.8 Å². The van der Waals surface area contributed by atoms with Crippen LogP contribution in [0.25, 0.3) is 0 Å². The smallest absolute Gasteiger partial charge is 0.307 e. The summed E-state index contributed by atoms with van der Waals surface area (Å²) in [7, 11) is -3.75. The third kappa shape index (κ3) is 3.71. The summed E-state index contributed by atoms with van der Waals surface area (Å²) in [4.78, 5) is 11.0. The molecule has 0 radical (unpaired) electrons. The number of hydrogen-bond donors (Lipinski definition) is 1. The van der Waals surface area contributed by atoms with Crippen molar-refractivity contribution >= 4 is 27.6 Å². The fourth-order valence-electron chi connectivity index (χ4n) is 1.77. The Morgan fingerprint density at radius 2 is 2.05 bits per heavy atom. The maximum absolute atomic E-state index is 12.6. The highest BCUT2D eigenvalue weighted by atomic mass is 35.5. The molecule has 0 amide bonds. The van der Waals surface area contributed by atoms with Gasteiger partial charge in [-0.15, -0.1) is 0 Å². The summed E-state index contributed by atoms with van der Waals surface area (Å²) in [5, 5.41) is 9.25. The molecular weight excluding hydrogens is 302 g/mol. The van der Waals surface area contributed by atoms with Gasteiger partial charge in [0.25, 0.3) is 0 Å². The fourth-order valence-corrected chi connectivity index (χ4v) is 3.80. The van der Waals surface area contributed by atoms with Crippen LogP contribution in [0.5, 0.6) is 0 Å². The minimum absolute atomic E-state index is 0.0693. The first-order valence-corrected chi connectivity index (χ1v) is 8.01. The van der Waals surface area contributed by atoms with Crippen molar-refractivity contribution in [2.24, 2.45) is 5.92 Å². The highest BCUT2D eigenvalue weighted by Gasteiger charge is 2.28. The van der Waals surface area contributed by atoms with E-state index < -0.39 is 21.9 Å². The molecule has 0 aliphatic rings. The van der Waals surface area contributed by atoms with Gasteiger partial charge in [-0.25, -0.2) is 8.42 Å². The molecule has 0 bridgehead atoms. The van der Waals surface area contributed by atoms with Crippen LogP contribution < -0.4 is 0 Å². The molecule has 1 N–H and O–H groups in total. The number of benzene rings is 1. The standard InChI is InChI=1S/C13H18ClNO4S/c1-4-15(8-10(3)13(16)17)20(18,19)12-7-11(14)6-5-9(12)2/h5-7,10H,4,8H2,1-3H3,(H,16,17). The molecule has 112 valence electrons. The summed E-state index contributed by atoms with van der Waals surface area (Å²) in [6.07, 6.45) is 0. The number of carboxylic acids is 1. The molecule has 1 rings (SSSR count). The van der Waals surface area contributed by atoms with E-state index in [1.807, 2.05) is 0 Å². The van der Waals surface area contributed by atoms with Crippen LogP contribution in [0, 0.1) is 12.8 Å². The van der Waals surface area contributed by atoms with Crippen molar-refractivity contribution in [1.29, 1.82) is 0 Å². The van der Waals surface area contributed by atoms with Crippen LogP contribution in [0.15, 0.2) is 23.1 Å². The molecule has 0 saturated heterocycles. The number of halogens is 1. The van der Waals surface area contributed by atoms with Gasteiger partial charge in [-0.05, 0) is 24.6 Å². The van der Waals surface area contributed by atoms with Gasteiger partial charge in [-0.2, -0.15) is 4.31 Å². The molecule has 5 nitrogen and oxygen atoms in total. The lowest BCUT2D eigenvalue weighted by Crippen LogP contribution is -2.37. The molecule has 0 fully saturated rings. The van der Waals surface area contributed by atoms with Crippen LogP contribution in [0.3, 0.4) is 0 Å². The zero-order chi connectivity index (χ0) is 15.5. The number of aliphatic carboxylic acids is 1. The van der Waals surface area contributed by atoms with Crippen molar-refractivity contribution < 1.29 is 18.3 Å². The second kappa shape index (κ2) is 6.56. The summed E-state index contributed by atoms with van der Waals surface area (Å²) in [6.45, 7) is 4.96. The minimum atomic E-state index is -3.75. The average Bonchev–Trinajstić information content (AvgIpc) is 2.37. The van der Waals surface area contributed by atoms with Gasteiger partial charge in [-0.3, -0.25) is 4.79 Å². The molecule has 0 saturated carbocycles. The first kappa shape index (κ1) is 16.9. The molecule has 1 aromatic rings. The van der Waals surface area contributed by atoms with Gasteiger partial charge in [0.05, 0.1) is 10.8 Å². The molecule has 1 aromatic carbocycles. The lowest BCUT2D eigenvalue weighted by atomic mass is 10.2. The third-order valence-electron chi connectivity index (χ3n) is 3.02. The highest BCUT2D eigenvalue weighted by Crippen LogP contribution is 2.24. The largest absolute Gasteiger partial charge is 0.481 e. The van der Waals surface area contributed by atoms with E-state index in [0.717, 1.165) is 4.31 Å². The molecule has 7 heteroatoms. The van der Waals surface area contributed by atoms with Gasteiger partial charge in [0, 0.05) is 18.1 Å². The Morgan fingerprint density at radius 1 is 1.45 bits per heavy atom. The predicted octanol–water partition coefficient (Wildman–Crippen LogP) is 2.38. The summed E-state index contributed by atoms with van der Waals surface area (Å²) in [6, 6.07) is 4.63. The first-order valence-electron chi connectivity index (χ1n) is 6.19. The third-order valence-corrected chi connectivity index (χ3v) is 5.34. The number of rotatable bonds is 6. The van der Waals surface area contributed by atoms with E-state index in [9.17, 15) is 13.2 Å². The summed E-state index contributed by atoms with van der Waals surface area (Å²) in [5.41, 5.74) is 0.579. The van der Waals surface area contributed by atoms with Crippen LogP contribution in [0.2, 0.25) is 5.02 Å². The zero-order valence-electron chi connectivity index (χ0n) is 11.6. The summed E-state index contributed by atoms with van der Waals surface area (Å²) < 4.78 is 26.3. The first-order chi connectivity index (χ1) is 9.20. The molecule has 0 aliphatic heterocycles. The number of carbonyl (C=O) groups is 1. The summed E-state index contributed by atoms with van der Waals surface area (Å²) >= 11 is 5.85. The van der Waals surface area contributed by atoms with Gasteiger partial charge in [0.2, 0.25) is 10.0 Å². The highest BCUT2D eigenvalue weighted by molar-refractivity contribution is 7.89. The lowest BCUT2D eigenvalue weighted by molar-refractivity contribution is -0.141. The van der Waals surface area contributed by atoms with Crippen molar-refractivity contribution in [1.82, 2.24) is 4.31 Å². The predicted molar refractivity (Wildman–Crippen MR) is 77.4 cm³/mol. The normalized spacial score (nSPS) is 13.4. The van der Waals surface area contributed by atoms with Crippen LogP contribution >= 0.6 is 11.6 Å². The number of aryl methyl sites for hydroxylation is 1. The van der Waals surface area contributed by atoms with E-state index in [2.05, 4.69) is 0 Å². The van der Waals surface area contributed by atoms with Crippen LogP contribution in [-0.4, -0.2) is 36.9 Å². The van der Waals surface area contributed by atoms with Crippen molar-refractivity contribution in [2.45, 2.75) is 25.7 Å². The van der Waals surface area contributed by atoms with Gasteiger partial charge in [-0.1, -0.05) is 31.5 Å². The molecule has 0 aromatic heterocycles. The van der Waals surface area contributed by atoms with Crippen LogP contribution in [0.1, 0.15) is 19.4 Å². The van der Waals surface area contributed by atoms with Gasteiger partial charge in [0.15, 0.2) is 0 Å². The fraction of sp³-hybridized carbons (Fsp3) is 0.462. The molecule has 20 heavy (non-hydrogen) atoms. The van der Waals surface area contributed by atoms with Gasteiger partial charge in [0.1, 0.15) is 0 Å². The topological polar surface area (TPSA) is 74.7 Å². The lowest BCUT2D eigenvalue weighted by Gasteiger charge is -2.23. The van der Waals surface area contributed by atoms with Crippen molar-refractivity contribution in [2.75, 3.05) is 13.1 Å². The van der Waals surface area contributed by atoms with E-state index in [0.29, 0.717) is 10.6 Å². The molecule has 1 unspecified atom stereocenters. The molecular formula is C13H18ClNO4S. The molecule has 1 atom stereocenters. The van der Waals surface area contributed by atoms with E-state index in [1.165, 1.54) is 13.0 Å². The number of carboxylic acid groups (broad SMARTS) is 1. The molecule has 0 spiro atoms. The monoisotopic (exact) mass is 319 g/mol. The molecule has 0 aliphatic carbocycles. The Morgan fingerprint density at radius 3 is 2.55 bits per heavy atom. The van der Waals surface area contributed by atoms with Crippen molar-refractivity contribution in [3.63, 3.8) is 0 Å². The Bertz CT molecular complexity index is 600. The van der Waals surface area contributed by atoms with E-state index in [-0.39, 0.29) is 18.0 Å². The Kier molecular flexibility index (Phi) is 5.56. The Hall–Kier alpha value is -1.11. The minimum Gasteiger partial charge on any atom is -0.481 e. The van der Waals surface area contributed by atoms with Crippen molar-refractivity contribution in [3.8, 4) is 0 Å². The zero-order valence-corrected chi connectivity index (χ0v) is 13.2. The Labute approximate surface area is 124 Å². The Balaban J connectivity index is 3.18. The van der Waals surface area contributed by atoms with Crippen LogP contribution in [0.4, 0.5) is 0 Å². The second-order valence-corrected chi connectivity index (χ2v) is 6.95. The maximum atomic E-state index is 12.6. The maximum Gasteiger partial charge on any atom is 0.307 e. The quantitative estimate of drug-likeness (QED) is 0.873. The summed E-state index contributed by atoms with van der Waals surface area (Å²) in [5.74, 6) is -1.80. The van der Waals surface area contributed by atoms with E-state index >= 15 is 0 Å². The number of nitrogens with zero attached hydrogens (tertiary/aromatic N) is 1.